The molecule has 12 rings (SSSR count). The predicted molar refractivity (Wildman–Crippen MR) is 236 cm³/mol. The minimum absolute atomic E-state index is 0.191. The van der Waals surface area contributed by atoms with Crippen molar-refractivity contribution < 1.29 is 29.9 Å². The Bertz CT molecular complexity index is 3010. The molecule has 0 bridgehead atoms. The van der Waals surface area contributed by atoms with Crippen LogP contribution < -0.4 is 9.47 Å². The van der Waals surface area contributed by atoms with Gasteiger partial charge in [0.05, 0.1) is 0 Å². The fourth-order valence-corrected chi connectivity index (χ4v) is 9.76. The largest absolute Gasteiger partial charge is 0.508 e. The first-order valence-electron chi connectivity index (χ1n) is 19.9. The fraction of sp³-hybridized carbons (Fsp3) is 0.0370. The molecule has 2 aliphatic rings. The molecule has 0 saturated heterocycles. The van der Waals surface area contributed by atoms with Gasteiger partial charge in [0, 0.05) is 34.1 Å². The van der Waals surface area contributed by atoms with E-state index in [-0.39, 0.29) is 34.8 Å². The number of hydrogen-bond donors (Lipinski definition) is 4. The zero-order valence-corrected chi connectivity index (χ0v) is 31.9. The molecule has 0 radical (unpaired) electrons. The minimum Gasteiger partial charge on any atom is -0.508 e. The lowest BCUT2D eigenvalue weighted by Gasteiger charge is -2.31. The average molecular weight is 779 g/mol. The average Bonchev–Trinajstić information content (AvgIpc) is 3.27. The molecular weight excluding hydrogens is 745 g/mol. The van der Waals surface area contributed by atoms with Gasteiger partial charge >= 0.3 is 0 Å². The lowest BCUT2D eigenvalue weighted by molar-refractivity contribution is 0.455. The van der Waals surface area contributed by atoms with Crippen LogP contribution >= 0.6 is 0 Å². The first-order valence-corrected chi connectivity index (χ1v) is 19.9. The molecular formula is C54H34O6. The second-order valence-corrected chi connectivity index (χ2v) is 15.8. The Hall–Kier alpha value is -7.96. The van der Waals surface area contributed by atoms with Crippen LogP contribution in [0.4, 0.5) is 0 Å². The van der Waals surface area contributed by atoms with E-state index in [2.05, 4.69) is 48.5 Å². The van der Waals surface area contributed by atoms with E-state index in [1.54, 1.807) is 48.5 Å². The van der Waals surface area contributed by atoms with Gasteiger partial charge in [0.1, 0.15) is 46.0 Å². The Morgan fingerprint density at radius 1 is 0.283 bits per heavy atom. The third-order valence-electron chi connectivity index (χ3n) is 12.4. The zero-order chi connectivity index (χ0) is 40.2. The van der Waals surface area contributed by atoms with Crippen molar-refractivity contribution in [1.29, 1.82) is 0 Å². The molecule has 2 aliphatic heterocycles. The van der Waals surface area contributed by atoms with Gasteiger partial charge in [-0.15, -0.1) is 0 Å². The van der Waals surface area contributed by atoms with Crippen molar-refractivity contribution in [2.45, 2.75) is 11.8 Å². The fourth-order valence-electron chi connectivity index (χ4n) is 9.76. The number of benzene rings is 10. The van der Waals surface area contributed by atoms with Gasteiger partial charge in [-0.05, 0) is 138 Å². The Morgan fingerprint density at radius 2 is 0.550 bits per heavy atom. The van der Waals surface area contributed by atoms with Crippen molar-refractivity contribution in [1.82, 2.24) is 0 Å². The summed E-state index contributed by atoms with van der Waals surface area (Å²) in [7, 11) is 0. The Morgan fingerprint density at radius 3 is 0.817 bits per heavy atom. The number of hydrogen-bond acceptors (Lipinski definition) is 6. The third kappa shape index (κ3) is 5.21. The van der Waals surface area contributed by atoms with Gasteiger partial charge in [-0.3, -0.25) is 0 Å². The summed E-state index contributed by atoms with van der Waals surface area (Å²) in [6.07, 6.45) is 0. The lowest BCUT2D eigenvalue weighted by atomic mass is 9.78. The van der Waals surface area contributed by atoms with E-state index in [1.165, 1.54) is 0 Å². The highest BCUT2D eigenvalue weighted by Crippen LogP contribution is 2.54. The smallest absolute Gasteiger partial charge is 0.132 e. The second-order valence-electron chi connectivity index (χ2n) is 15.8. The standard InChI is InChI=1S/C54H34O6/c55-37-13-17-41-33(25-37)9-21-45-51(41)49(52-42-18-14-38(56)26-34(42)10-22-46(52)59-45)31-5-1-29(2-6-31)30-3-7-32(8-4-30)50-53-43-19-15-39(57)27-35(43)11-23-47(53)60-48-24-12-36-28-40(58)16-20-44(36)54(48)50/h1-28,49-50,55-58H. The van der Waals surface area contributed by atoms with Crippen LogP contribution in [0.15, 0.2) is 170 Å². The quantitative estimate of drug-likeness (QED) is 0.143. The third-order valence-corrected chi connectivity index (χ3v) is 12.4. The topological polar surface area (TPSA) is 99.4 Å². The molecule has 0 saturated carbocycles. The van der Waals surface area contributed by atoms with Crippen LogP contribution in [0.3, 0.4) is 0 Å². The Labute approximate surface area is 344 Å². The van der Waals surface area contributed by atoms with Crippen molar-refractivity contribution in [3.8, 4) is 57.1 Å². The summed E-state index contributed by atoms with van der Waals surface area (Å²) in [5.74, 6) is 3.54. The van der Waals surface area contributed by atoms with Crippen LogP contribution in [0.5, 0.6) is 46.0 Å². The monoisotopic (exact) mass is 778 g/mol. The molecule has 4 N–H and O–H groups in total. The van der Waals surface area contributed by atoms with Crippen molar-refractivity contribution in [3.05, 3.63) is 203 Å². The molecule has 10 aromatic rings. The lowest BCUT2D eigenvalue weighted by Crippen LogP contribution is -2.13. The van der Waals surface area contributed by atoms with Crippen LogP contribution in [0.2, 0.25) is 0 Å². The van der Waals surface area contributed by atoms with Crippen LogP contribution in [0.25, 0.3) is 54.2 Å². The summed E-state index contributed by atoms with van der Waals surface area (Å²) in [5, 5.41) is 49.2. The predicted octanol–water partition coefficient (Wildman–Crippen LogP) is 13.4. The van der Waals surface area contributed by atoms with Gasteiger partial charge in [-0.25, -0.2) is 0 Å². The van der Waals surface area contributed by atoms with E-state index in [0.29, 0.717) is 0 Å². The van der Waals surface area contributed by atoms with E-state index >= 15 is 0 Å². The Balaban J connectivity index is 0.981. The van der Waals surface area contributed by atoms with E-state index in [9.17, 15) is 20.4 Å². The molecule has 0 aromatic heterocycles. The molecule has 0 amide bonds. The summed E-state index contributed by atoms with van der Waals surface area (Å²) in [6, 6.07) is 55.2. The van der Waals surface area contributed by atoms with Crippen LogP contribution in [-0.2, 0) is 0 Å². The van der Waals surface area contributed by atoms with Gasteiger partial charge in [-0.1, -0.05) is 97.1 Å². The summed E-state index contributed by atoms with van der Waals surface area (Å²) in [6.45, 7) is 0. The number of fused-ring (bicyclic) bond motifs is 12. The molecule has 0 aliphatic carbocycles. The zero-order valence-electron chi connectivity index (χ0n) is 31.9. The molecule has 6 heteroatoms. The SMILES string of the molecule is Oc1ccc2c3c(ccc2c1)Oc1ccc2cc(O)ccc2c1C3c1ccc(-c2ccc(C3c4c(ccc5cc(O)ccc45)Oc4ccc5cc(O)ccc5c43)cc2)cc1. The number of aromatic hydroxyl groups is 4. The normalized spacial score (nSPS) is 13.4. The molecule has 0 spiro atoms. The number of ether oxygens (including phenoxy) is 2. The van der Waals surface area contributed by atoms with Gasteiger partial charge in [0.2, 0.25) is 0 Å². The maximum Gasteiger partial charge on any atom is 0.132 e. The highest BCUT2D eigenvalue weighted by Gasteiger charge is 2.34. The maximum absolute atomic E-state index is 10.4. The Kier molecular flexibility index (Phi) is 7.26. The molecule has 6 nitrogen and oxygen atoms in total. The van der Waals surface area contributed by atoms with E-state index in [1.807, 2.05) is 72.8 Å². The van der Waals surface area contributed by atoms with Gasteiger partial charge in [-0.2, -0.15) is 0 Å². The highest BCUT2D eigenvalue weighted by atomic mass is 16.5. The number of rotatable bonds is 3. The number of phenols is 4. The van der Waals surface area contributed by atoms with Gasteiger partial charge in [0.15, 0.2) is 0 Å². The van der Waals surface area contributed by atoms with Crippen molar-refractivity contribution in [2.75, 3.05) is 0 Å². The van der Waals surface area contributed by atoms with Crippen molar-refractivity contribution in [3.63, 3.8) is 0 Å². The summed E-state index contributed by atoms with van der Waals surface area (Å²) in [5.41, 5.74) is 8.43. The molecule has 0 atom stereocenters. The molecule has 2 heterocycles. The van der Waals surface area contributed by atoms with Crippen molar-refractivity contribution >= 4 is 43.1 Å². The van der Waals surface area contributed by atoms with Gasteiger partial charge in [0.25, 0.3) is 0 Å². The summed E-state index contributed by atoms with van der Waals surface area (Å²) in [4.78, 5) is 0. The first-order chi connectivity index (χ1) is 29.3. The number of phenolic OH excluding ortho intramolecular Hbond substituents is 4. The highest BCUT2D eigenvalue weighted by molar-refractivity contribution is 5.98. The van der Waals surface area contributed by atoms with E-state index in [4.69, 9.17) is 9.47 Å². The van der Waals surface area contributed by atoms with E-state index in [0.717, 1.165) is 111 Å². The van der Waals surface area contributed by atoms with Crippen LogP contribution in [-0.4, -0.2) is 20.4 Å². The maximum atomic E-state index is 10.4. The molecule has 286 valence electrons. The van der Waals surface area contributed by atoms with Gasteiger partial charge < -0.3 is 29.9 Å². The van der Waals surface area contributed by atoms with Crippen LogP contribution in [0.1, 0.15) is 45.2 Å². The minimum atomic E-state index is -0.191. The molecule has 60 heavy (non-hydrogen) atoms. The van der Waals surface area contributed by atoms with Crippen molar-refractivity contribution in [2.24, 2.45) is 0 Å². The molecule has 10 aromatic carbocycles. The van der Waals surface area contributed by atoms with Crippen LogP contribution in [0, 0.1) is 0 Å². The molecule has 0 fully saturated rings. The summed E-state index contributed by atoms with van der Waals surface area (Å²) >= 11 is 0. The molecule has 0 unspecified atom stereocenters. The second kappa shape index (κ2) is 12.8. The summed E-state index contributed by atoms with van der Waals surface area (Å²) < 4.78 is 13.2. The first kappa shape index (κ1) is 34.1. The van der Waals surface area contributed by atoms with E-state index < -0.39 is 0 Å².